The monoisotopic (exact) mass is 603 g/mol. The van der Waals surface area contributed by atoms with Crippen LogP contribution in [-0.2, 0) is 29.7 Å². The summed E-state index contributed by atoms with van der Waals surface area (Å²) in [5, 5.41) is 3.86. The Kier molecular flexibility index (Phi) is 9.09. The first-order valence-electron chi connectivity index (χ1n) is 13.3. The van der Waals surface area contributed by atoms with Crippen molar-refractivity contribution in [2.75, 3.05) is 4.72 Å². The van der Waals surface area contributed by atoms with Gasteiger partial charge in [-0.05, 0) is 50.3 Å². The fourth-order valence-corrected chi connectivity index (χ4v) is 5.06. The van der Waals surface area contributed by atoms with E-state index in [4.69, 9.17) is 9.47 Å². The quantitative estimate of drug-likeness (QED) is 0.199. The molecule has 0 radical (unpaired) electrons. The van der Waals surface area contributed by atoms with Crippen LogP contribution >= 0.6 is 0 Å². The maximum absolute atomic E-state index is 14.9. The Bertz CT molecular complexity index is 1650. The van der Waals surface area contributed by atoms with Crippen molar-refractivity contribution in [1.29, 1.82) is 0 Å². The van der Waals surface area contributed by atoms with Gasteiger partial charge in [0.2, 0.25) is 11.8 Å². The number of alkyl halides is 3. The van der Waals surface area contributed by atoms with Crippen LogP contribution in [0.5, 0.6) is 17.4 Å². The number of benzene rings is 2. The van der Waals surface area contributed by atoms with Crippen molar-refractivity contribution in [3.8, 4) is 28.6 Å². The molecular formula is C29H32F3N5O4S. The van der Waals surface area contributed by atoms with E-state index in [1.54, 1.807) is 50.2 Å². The van der Waals surface area contributed by atoms with Crippen LogP contribution in [-0.4, -0.2) is 34.3 Å². The van der Waals surface area contributed by atoms with Crippen molar-refractivity contribution in [2.45, 2.75) is 57.7 Å². The normalized spacial score (nSPS) is 12.1. The number of aryl methyl sites for hydroxylation is 2. The molecule has 2 aromatic heterocycles. The van der Waals surface area contributed by atoms with Crippen LogP contribution in [0.1, 0.15) is 45.2 Å². The maximum atomic E-state index is 14.9. The second-order valence-electron chi connectivity index (χ2n) is 10.3. The van der Waals surface area contributed by atoms with E-state index in [9.17, 15) is 21.6 Å². The molecule has 4 rings (SSSR count). The number of anilines is 1. The second-order valence-corrected chi connectivity index (χ2v) is 12.0. The summed E-state index contributed by atoms with van der Waals surface area (Å²) in [6, 6.07) is 12.8. The summed E-state index contributed by atoms with van der Waals surface area (Å²) in [7, 11) is -2.77. The van der Waals surface area contributed by atoms with Crippen LogP contribution in [0.15, 0.2) is 65.8 Å². The van der Waals surface area contributed by atoms with E-state index in [-0.39, 0.29) is 28.1 Å². The van der Waals surface area contributed by atoms with E-state index in [0.717, 1.165) is 6.20 Å². The molecule has 1 N–H and O–H groups in total. The van der Waals surface area contributed by atoms with Crippen molar-refractivity contribution in [2.24, 2.45) is 13.0 Å². The highest BCUT2D eigenvalue weighted by atomic mass is 32.2. The number of halogens is 3. The summed E-state index contributed by atoms with van der Waals surface area (Å²) in [6.45, 7) is 7.56. The summed E-state index contributed by atoms with van der Waals surface area (Å²) in [5.41, 5.74) is -0.960. The molecule has 42 heavy (non-hydrogen) atoms. The first kappa shape index (κ1) is 30.8. The van der Waals surface area contributed by atoms with E-state index in [1.807, 2.05) is 13.8 Å². The summed E-state index contributed by atoms with van der Waals surface area (Å²) in [4.78, 5) is 7.85. The number of ether oxygens (including phenoxy) is 2. The van der Waals surface area contributed by atoms with Gasteiger partial charge in [0.25, 0.3) is 10.0 Å². The van der Waals surface area contributed by atoms with Crippen molar-refractivity contribution in [1.82, 2.24) is 19.7 Å². The third kappa shape index (κ3) is 7.38. The Morgan fingerprint density at radius 3 is 2.26 bits per heavy atom. The topological polar surface area (TPSA) is 108 Å². The van der Waals surface area contributed by atoms with Gasteiger partial charge in [-0.2, -0.15) is 23.3 Å². The molecule has 9 nitrogen and oxygen atoms in total. The van der Waals surface area contributed by atoms with Gasteiger partial charge in [-0.3, -0.25) is 4.68 Å². The fourth-order valence-electron chi connectivity index (χ4n) is 4.13. The molecule has 0 amide bonds. The summed E-state index contributed by atoms with van der Waals surface area (Å²) in [6.07, 6.45) is -1.73. The van der Waals surface area contributed by atoms with Gasteiger partial charge in [0.05, 0.1) is 18.0 Å². The van der Waals surface area contributed by atoms with E-state index in [1.165, 1.54) is 30.1 Å². The first-order chi connectivity index (χ1) is 19.7. The molecule has 0 spiro atoms. The predicted molar refractivity (Wildman–Crippen MR) is 152 cm³/mol. The van der Waals surface area contributed by atoms with Gasteiger partial charge >= 0.3 is 6.18 Å². The van der Waals surface area contributed by atoms with Gasteiger partial charge in [0.1, 0.15) is 10.5 Å². The zero-order chi connectivity index (χ0) is 30.7. The highest BCUT2D eigenvalue weighted by Crippen LogP contribution is 2.45. The molecule has 2 aromatic carbocycles. The molecule has 0 bridgehead atoms. The molecule has 0 saturated heterocycles. The first-order valence-corrected chi connectivity index (χ1v) is 14.8. The molecule has 0 unspecified atom stereocenters. The molecule has 0 aliphatic rings. The average Bonchev–Trinajstić information content (AvgIpc) is 3.34. The lowest BCUT2D eigenvalue weighted by Crippen LogP contribution is -2.19. The third-order valence-corrected chi connectivity index (χ3v) is 7.34. The van der Waals surface area contributed by atoms with Crippen LogP contribution < -0.4 is 14.2 Å². The predicted octanol–water partition coefficient (Wildman–Crippen LogP) is 6.86. The zero-order valence-electron chi connectivity index (χ0n) is 23.8. The molecule has 0 saturated carbocycles. The molecule has 13 heteroatoms. The number of hydrogen-bond donors (Lipinski definition) is 1. The Balaban J connectivity index is 1.95. The van der Waals surface area contributed by atoms with Gasteiger partial charge in [-0.25, -0.2) is 18.1 Å². The zero-order valence-corrected chi connectivity index (χ0v) is 24.6. The van der Waals surface area contributed by atoms with Gasteiger partial charge in [-0.1, -0.05) is 50.2 Å². The van der Waals surface area contributed by atoms with Crippen molar-refractivity contribution in [3.05, 3.63) is 72.1 Å². The largest absolute Gasteiger partial charge is 0.487 e. The Morgan fingerprint density at radius 2 is 1.64 bits per heavy atom. The lowest BCUT2D eigenvalue weighted by Gasteiger charge is -2.21. The second kappa shape index (κ2) is 12.4. The molecule has 0 aliphatic heterocycles. The van der Waals surface area contributed by atoms with Crippen LogP contribution in [0.3, 0.4) is 0 Å². The number of sulfonamides is 1. The number of para-hydroxylation sites is 2. The average molecular weight is 604 g/mol. The number of aromatic nitrogens is 4. The number of rotatable bonds is 11. The van der Waals surface area contributed by atoms with Crippen molar-refractivity contribution >= 4 is 16.0 Å². The highest BCUT2D eigenvalue weighted by molar-refractivity contribution is 7.92. The fraction of sp³-hybridized carbons (Fsp3) is 0.345. The minimum Gasteiger partial charge on any atom is -0.487 e. The summed E-state index contributed by atoms with van der Waals surface area (Å²) in [5.74, 6) is -1.03. The summed E-state index contributed by atoms with van der Waals surface area (Å²) < 4.78 is 85.8. The molecule has 4 aromatic rings. The Labute approximate surface area is 242 Å². The molecule has 0 aliphatic carbocycles. The molecule has 0 atom stereocenters. The summed E-state index contributed by atoms with van der Waals surface area (Å²) >= 11 is 0. The Morgan fingerprint density at radius 1 is 0.976 bits per heavy atom. The number of nitrogens with zero attached hydrogens (tertiary/aromatic N) is 4. The van der Waals surface area contributed by atoms with Gasteiger partial charge < -0.3 is 9.47 Å². The van der Waals surface area contributed by atoms with E-state index >= 15 is 0 Å². The van der Waals surface area contributed by atoms with Gasteiger partial charge in [-0.15, -0.1) is 0 Å². The lowest BCUT2D eigenvalue weighted by atomic mass is 9.95. The van der Waals surface area contributed by atoms with Gasteiger partial charge in [0.15, 0.2) is 11.5 Å². The standard InChI is InChI=1S/C29H32F3N5O4S/c1-18(2)14-15-20-10-6-7-11-22(20)26-25(29(30,31)32)27(41-24-13-9-8-12-23(24)40-19(3)4)35-28(34-26)36-42(38,39)21-16-33-37(5)17-21/h6-13,16-19H,14-15H2,1-5H3,(H,34,35,36). The molecular weight excluding hydrogens is 571 g/mol. The smallest absolute Gasteiger partial charge is 0.423 e. The van der Waals surface area contributed by atoms with Crippen LogP contribution in [0.25, 0.3) is 11.3 Å². The van der Waals surface area contributed by atoms with Crippen molar-refractivity contribution < 1.29 is 31.1 Å². The van der Waals surface area contributed by atoms with E-state index in [0.29, 0.717) is 24.3 Å². The lowest BCUT2D eigenvalue weighted by molar-refractivity contribution is -0.138. The van der Waals surface area contributed by atoms with E-state index < -0.39 is 39.3 Å². The highest BCUT2D eigenvalue weighted by Gasteiger charge is 2.41. The van der Waals surface area contributed by atoms with Crippen LogP contribution in [0.2, 0.25) is 0 Å². The maximum Gasteiger partial charge on any atom is 0.423 e. The minimum atomic E-state index is -4.97. The van der Waals surface area contributed by atoms with Gasteiger partial charge in [0, 0.05) is 18.8 Å². The number of hydrogen-bond acceptors (Lipinski definition) is 7. The molecule has 0 fully saturated rings. The molecule has 2 heterocycles. The van der Waals surface area contributed by atoms with Crippen LogP contribution in [0, 0.1) is 5.92 Å². The van der Waals surface area contributed by atoms with Crippen LogP contribution in [0.4, 0.5) is 19.1 Å². The SMILES string of the molecule is CC(C)CCc1ccccc1-c1nc(NS(=O)(=O)c2cnn(C)c2)nc(Oc2ccccc2OC(C)C)c1C(F)(F)F. The Hall–Kier alpha value is -4.13. The minimum absolute atomic E-state index is 0.0319. The molecule has 224 valence electrons. The van der Waals surface area contributed by atoms with E-state index in [2.05, 4.69) is 19.8 Å². The third-order valence-electron chi connectivity index (χ3n) is 6.06. The number of nitrogens with one attached hydrogen (secondary N) is 1. The van der Waals surface area contributed by atoms with Crippen molar-refractivity contribution in [3.63, 3.8) is 0 Å².